The second-order valence-corrected chi connectivity index (χ2v) is 6.97. The van der Waals surface area contributed by atoms with Gasteiger partial charge in [0.2, 0.25) is 0 Å². The quantitative estimate of drug-likeness (QED) is 0.420. The lowest BCUT2D eigenvalue weighted by Gasteiger charge is -2.36. The zero-order chi connectivity index (χ0) is 19.3. The molecule has 0 radical (unpaired) electrons. The van der Waals surface area contributed by atoms with Crippen molar-refractivity contribution in [1.29, 1.82) is 0 Å². The summed E-state index contributed by atoms with van der Waals surface area (Å²) in [4.78, 5) is 13.3. The number of hydrogen-bond donors (Lipinski definition) is 1. The molecule has 1 aliphatic heterocycles. The smallest absolute Gasteiger partial charge is 0.191 e. The Kier molecular flexibility index (Phi) is 5.41. The van der Waals surface area contributed by atoms with Crippen LogP contribution in [-0.4, -0.2) is 53.1 Å². The van der Waals surface area contributed by atoms with Gasteiger partial charge >= 0.3 is 0 Å². The number of aliphatic imine (C=N–C) groups is 1. The summed E-state index contributed by atoms with van der Waals surface area (Å²) < 4.78 is 15.2. The Hall–Kier alpha value is -3.09. The van der Waals surface area contributed by atoms with Crippen LogP contribution in [0.2, 0.25) is 0 Å². The van der Waals surface area contributed by atoms with Gasteiger partial charge in [-0.25, -0.2) is 9.37 Å². The molecule has 0 aliphatic carbocycles. The lowest BCUT2D eigenvalue weighted by Crippen LogP contribution is -2.51. The number of para-hydroxylation sites is 2. The summed E-state index contributed by atoms with van der Waals surface area (Å²) in [5.41, 5.74) is 9.40. The van der Waals surface area contributed by atoms with E-state index in [0.717, 1.165) is 55.9 Å². The van der Waals surface area contributed by atoms with E-state index < -0.39 is 0 Å². The first-order valence-electron chi connectivity index (χ1n) is 9.66. The molecule has 1 aromatic heterocycles. The van der Waals surface area contributed by atoms with Crippen molar-refractivity contribution in [1.82, 2.24) is 14.5 Å². The standard InChI is InChI=1S/C21H25FN6/c22-17-6-8-18(9-7-17)26-12-14-27(15-13-26)21(23)24-10-3-11-28-16-25-19-4-1-2-5-20(19)28/h1-2,4-9,16H,3,10-15H2,(H2,23,24). The summed E-state index contributed by atoms with van der Waals surface area (Å²) in [7, 11) is 0. The Morgan fingerprint density at radius 3 is 2.57 bits per heavy atom. The predicted molar refractivity (Wildman–Crippen MR) is 111 cm³/mol. The molecule has 0 spiro atoms. The second-order valence-electron chi connectivity index (χ2n) is 6.97. The predicted octanol–water partition coefficient (Wildman–Crippen LogP) is 2.70. The lowest BCUT2D eigenvalue weighted by atomic mass is 10.2. The Balaban J connectivity index is 1.25. The number of piperazine rings is 1. The van der Waals surface area contributed by atoms with E-state index in [4.69, 9.17) is 5.73 Å². The van der Waals surface area contributed by atoms with Crippen LogP contribution in [0.5, 0.6) is 0 Å². The van der Waals surface area contributed by atoms with Crippen LogP contribution in [0.15, 0.2) is 59.9 Å². The number of aromatic nitrogens is 2. The normalized spacial score (nSPS) is 15.4. The lowest BCUT2D eigenvalue weighted by molar-refractivity contribution is 0.380. The summed E-state index contributed by atoms with van der Waals surface area (Å²) in [6, 6.07) is 14.8. The zero-order valence-electron chi connectivity index (χ0n) is 15.8. The molecule has 0 atom stereocenters. The molecular weight excluding hydrogens is 355 g/mol. The minimum Gasteiger partial charge on any atom is -0.370 e. The van der Waals surface area contributed by atoms with Crippen molar-refractivity contribution in [2.45, 2.75) is 13.0 Å². The van der Waals surface area contributed by atoms with E-state index in [1.165, 1.54) is 12.1 Å². The largest absolute Gasteiger partial charge is 0.370 e. The van der Waals surface area contributed by atoms with E-state index in [9.17, 15) is 4.39 Å². The minimum atomic E-state index is -0.206. The van der Waals surface area contributed by atoms with Crippen LogP contribution in [-0.2, 0) is 6.54 Å². The highest BCUT2D eigenvalue weighted by Gasteiger charge is 2.18. The van der Waals surface area contributed by atoms with Gasteiger partial charge < -0.3 is 20.1 Å². The van der Waals surface area contributed by atoms with Crippen molar-refractivity contribution in [2.24, 2.45) is 10.7 Å². The minimum absolute atomic E-state index is 0.206. The van der Waals surface area contributed by atoms with Gasteiger partial charge in [-0.05, 0) is 42.8 Å². The van der Waals surface area contributed by atoms with Gasteiger partial charge in [-0.2, -0.15) is 0 Å². The van der Waals surface area contributed by atoms with Crippen molar-refractivity contribution in [3.8, 4) is 0 Å². The summed E-state index contributed by atoms with van der Waals surface area (Å²) >= 11 is 0. The fourth-order valence-electron chi connectivity index (χ4n) is 3.57. The van der Waals surface area contributed by atoms with Crippen molar-refractivity contribution in [3.63, 3.8) is 0 Å². The summed E-state index contributed by atoms with van der Waals surface area (Å²) in [6.45, 7) is 4.90. The number of nitrogens with two attached hydrogens (primary N) is 1. The van der Waals surface area contributed by atoms with Gasteiger partial charge in [0, 0.05) is 45.0 Å². The molecule has 4 rings (SSSR count). The van der Waals surface area contributed by atoms with E-state index in [-0.39, 0.29) is 5.82 Å². The number of fused-ring (bicyclic) bond motifs is 1. The topological polar surface area (TPSA) is 62.7 Å². The third-order valence-electron chi connectivity index (χ3n) is 5.15. The maximum Gasteiger partial charge on any atom is 0.191 e. The van der Waals surface area contributed by atoms with Gasteiger partial charge in [0.25, 0.3) is 0 Å². The second kappa shape index (κ2) is 8.29. The average Bonchev–Trinajstić information content (AvgIpc) is 3.15. The third-order valence-corrected chi connectivity index (χ3v) is 5.15. The first-order valence-corrected chi connectivity index (χ1v) is 9.66. The average molecular weight is 380 g/mol. The molecule has 6 nitrogen and oxygen atoms in total. The Labute approximate surface area is 164 Å². The van der Waals surface area contributed by atoms with Crippen molar-refractivity contribution in [2.75, 3.05) is 37.6 Å². The molecule has 7 heteroatoms. The molecular formula is C21H25FN6. The molecule has 1 saturated heterocycles. The maximum absolute atomic E-state index is 13.1. The van der Waals surface area contributed by atoms with Crippen LogP contribution in [0.25, 0.3) is 11.0 Å². The number of hydrogen-bond acceptors (Lipinski definition) is 3. The van der Waals surface area contributed by atoms with E-state index in [0.29, 0.717) is 12.5 Å². The maximum atomic E-state index is 13.1. The van der Waals surface area contributed by atoms with Crippen molar-refractivity contribution in [3.05, 3.63) is 60.7 Å². The monoisotopic (exact) mass is 380 g/mol. The van der Waals surface area contributed by atoms with Gasteiger partial charge in [-0.15, -0.1) is 0 Å². The summed E-state index contributed by atoms with van der Waals surface area (Å²) in [6.07, 6.45) is 2.79. The molecule has 0 bridgehead atoms. The highest BCUT2D eigenvalue weighted by atomic mass is 19.1. The van der Waals surface area contributed by atoms with E-state index in [1.54, 1.807) is 0 Å². The highest BCUT2D eigenvalue weighted by Crippen LogP contribution is 2.17. The summed E-state index contributed by atoms with van der Waals surface area (Å²) in [5, 5.41) is 0. The molecule has 2 N–H and O–H groups in total. The van der Waals surface area contributed by atoms with Gasteiger partial charge in [0.1, 0.15) is 5.82 Å². The van der Waals surface area contributed by atoms with Gasteiger partial charge in [-0.3, -0.25) is 4.99 Å². The molecule has 3 aromatic rings. The van der Waals surface area contributed by atoms with Gasteiger partial charge in [0.05, 0.1) is 17.4 Å². The molecule has 2 heterocycles. The van der Waals surface area contributed by atoms with Crippen LogP contribution in [0, 0.1) is 5.82 Å². The highest BCUT2D eigenvalue weighted by molar-refractivity contribution is 5.78. The van der Waals surface area contributed by atoms with Crippen LogP contribution >= 0.6 is 0 Å². The fraction of sp³-hybridized carbons (Fsp3) is 0.333. The Morgan fingerprint density at radius 1 is 1.04 bits per heavy atom. The number of anilines is 1. The van der Waals surface area contributed by atoms with Crippen molar-refractivity contribution >= 4 is 22.7 Å². The molecule has 0 unspecified atom stereocenters. The molecule has 1 aliphatic rings. The van der Waals surface area contributed by atoms with Crippen LogP contribution in [0.1, 0.15) is 6.42 Å². The molecule has 1 fully saturated rings. The van der Waals surface area contributed by atoms with Gasteiger partial charge in [-0.1, -0.05) is 12.1 Å². The number of halogens is 1. The van der Waals surface area contributed by atoms with E-state index in [2.05, 4.69) is 30.4 Å². The molecule has 146 valence electrons. The SMILES string of the molecule is NC(=NCCCn1cnc2ccccc21)N1CCN(c2ccc(F)cc2)CC1. The number of guanidine groups is 1. The Bertz CT molecular complexity index is 941. The zero-order valence-corrected chi connectivity index (χ0v) is 15.8. The van der Waals surface area contributed by atoms with Gasteiger partial charge in [0.15, 0.2) is 5.96 Å². The van der Waals surface area contributed by atoms with Crippen molar-refractivity contribution < 1.29 is 4.39 Å². The Morgan fingerprint density at radius 2 is 1.79 bits per heavy atom. The van der Waals surface area contributed by atoms with Crippen LogP contribution in [0.3, 0.4) is 0 Å². The number of rotatable bonds is 5. The van der Waals surface area contributed by atoms with Crippen LogP contribution < -0.4 is 10.6 Å². The van der Waals surface area contributed by atoms with E-state index in [1.807, 2.05) is 36.7 Å². The first-order chi connectivity index (χ1) is 13.7. The number of nitrogens with zero attached hydrogens (tertiary/aromatic N) is 5. The number of aryl methyl sites for hydroxylation is 1. The first kappa shape index (κ1) is 18.3. The van der Waals surface area contributed by atoms with E-state index >= 15 is 0 Å². The number of imidazole rings is 1. The molecule has 28 heavy (non-hydrogen) atoms. The molecule has 0 saturated carbocycles. The van der Waals surface area contributed by atoms with Crippen LogP contribution in [0.4, 0.5) is 10.1 Å². The molecule has 0 amide bonds. The summed E-state index contributed by atoms with van der Waals surface area (Å²) in [5.74, 6) is 0.400. The number of benzene rings is 2. The fourth-order valence-corrected chi connectivity index (χ4v) is 3.57. The molecule has 2 aromatic carbocycles. The third kappa shape index (κ3) is 4.08.